The normalized spacial score (nSPS) is 12.1. The standard InChI is InChI=1S/C20H20FN5O/c1-13(12-26(3)4)27-20-19(22-2)24-10-16(25-20)9-15-8-14-6-5-7-18(21)17(14)11-23-15/h5-8,10-11,13H,9,12H2,1,3-4H3/t13-/m1/s1. The van der Waals surface area contributed by atoms with Crippen molar-refractivity contribution >= 4 is 16.6 Å². The van der Waals surface area contributed by atoms with Crippen molar-refractivity contribution in [3.8, 4) is 5.88 Å². The van der Waals surface area contributed by atoms with Crippen LogP contribution in [0.25, 0.3) is 15.6 Å². The second-order valence-corrected chi connectivity index (χ2v) is 6.61. The van der Waals surface area contributed by atoms with Crippen LogP contribution in [0.5, 0.6) is 5.88 Å². The predicted octanol–water partition coefficient (Wildman–Crippen LogP) is 3.63. The Morgan fingerprint density at radius 1 is 1.22 bits per heavy atom. The van der Waals surface area contributed by atoms with Crippen molar-refractivity contribution in [1.82, 2.24) is 19.9 Å². The first-order valence-corrected chi connectivity index (χ1v) is 8.54. The minimum atomic E-state index is -0.293. The van der Waals surface area contributed by atoms with Crippen LogP contribution in [0.2, 0.25) is 0 Å². The fourth-order valence-electron chi connectivity index (χ4n) is 2.85. The van der Waals surface area contributed by atoms with Gasteiger partial charge in [0.2, 0.25) is 5.88 Å². The van der Waals surface area contributed by atoms with Gasteiger partial charge in [-0.15, -0.1) is 4.98 Å². The highest BCUT2D eigenvalue weighted by Crippen LogP contribution is 2.25. The average molecular weight is 365 g/mol. The molecule has 0 N–H and O–H groups in total. The topological polar surface area (TPSA) is 55.5 Å². The van der Waals surface area contributed by atoms with Gasteiger partial charge in [-0.05, 0) is 38.5 Å². The number of fused-ring (bicyclic) bond motifs is 1. The third-order valence-electron chi connectivity index (χ3n) is 3.94. The summed E-state index contributed by atoms with van der Waals surface area (Å²) in [6, 6.07) is 6.76. The van der Waals surface area contributed by atoms with E-state index in [1.54, 1.807) is 12.3 Å². The Balaban J connectivity index is 1.85. The third-order valence-corrected chi connectivity index (χ3v) is 3.94. The van der Waals surface area contributed by atoms with Gasteiger partial charge in [-0.1, -0.05) is 18.7 Å². The van der Waals surface area contributed by atoms with Crippen LogP contribution in [0.15, 0.2) is 36.7 Å². The fourth-order valence-corrected chi connectivity index (χ4v) is 2.85. The first kappa shape index (κ1) is 18.7. The molecule has 6 nitrogen and oxygen atoms in total. The zero-order chi connectivity index (χ0) is 19.4. The Hall–Kier alpha value is -3.11. The van der Waals surface area contributed by atoms with Crippen LogP contribution >= 0.6 is 0 Å². The van der Waals surface area contributed by atoms with Crippen molar-refractivity contribution in [2.24, 2.45) is 0 Å². The molecule has 3 aromatic rings. The van der Waals surface area contributed by atoms with E-state index in [0.29, 0.717) is 24.0 Å². The molecule has 2 aromatic heterocycles. The van der Waals surface area contributed by atoms with Gasteiger partial charge in [0, 0.05) is 30.2 Å². The molecule has 0 aliphatic carbocycles. The molecular weight excluding hydrogens is 345 g/mol. The lowest BCUT2D eigenvalue weighted by atomic mass is 10.1. The van der Waals surface area contributed by atoms with E-state index in [9.17, 15) is 4.39 Å². The van der Waals surface area contributed by atoms with Crippen molar-refractivity contribution in [1.29, 1.82) is 0 Å². The number of ether oxygens (including phenoxy) is 1. The summed E-state index contributed by atoms with van der Waals surface area (Å²) in [5.74, 6) is 0.0694. The highest BCUT2D eigenvalue weighted by Gasteiger charge is 2.15. The van der Waals surface area contributed by atoms with Crippen LogP contribution in [0, 0.1) is 12.4 Å². The zero-order valence-corrected chi connectivity index (χ0v) is 15.5. The van der Waals surface area contributed by atoms with E-state index in [4.69, 9.17) is 11.3 Å². The number of pyridine rings is 1. The van der Waals surface area contributed by atoms with E-state index in [-0.39, 0.29) is 23.6 Å². The molecule has 0 spiro atoms. The van der Waals surface area contributed by atoms with Crippen molar-refractivity contribution in [3.05, 3.63) is 65.3 Å². The molecular formula is C20H20FN5O. The first-order valence-electron chi connectivity index (χ1n) is 8.54. The summed E-state index contributed by atoms with van der Waals surface area (Å²) in [6.07, 6.45) is 3.36. The molecule has 0 saturated carbocycles. The minimum Gasteiger partial charge on any atom is -0.481 e. The molecule has 0 fully saturated rings. The summed E-state index contributed by atoms with van der Waals surface area (Å²) in [5, 5.41) is 1.26. The first-order chi connectivity index (χ1) is 13.0. The van der Waals surface area contributed by atoms with Crippen molar-refractivity contribution in [3.63, 3.8) is 0 Å². The number of aromatic nitrogens is 3. The van der Waals surface area contributed by atoms with Gasteiger partial charge in [-0.2, -0.15) is 0 Å². The number of likely N-dealkylation sites (N-methyl/N-ethyl adjacent to an activating group) is 1. The molecule has 0 bridgehead atoms. The second-order valence-electron chi connectivity index (χ2n) is 6.61. The molecule has 0 aliphatic rings. The van der Waals surface area contributed by atoms with Crippen LogP contribution in [0.4, 0.5) is 10.2 Å². The van der Waals surface area contributed by atoms with Gasteiger partial charge in [0.05, 0.1) is 5.69 Å². The molecule has 1 atom stereocenters. The van der Waals surface area contributed by atoms with Gasteiger partial charge in [0.1, 0.15) is 18.1 Å². The summed E-state index contributed by atoms with van der Waals surface area (Å²) >= 11 is 0. The van der Waals surface area contributed by atoms with Crippen LogP contribution in [-0.2, 0) is 6.42 Å². The van der Waals surface area contributed by atoms with Crippen LogP contribution in [-0.4, -0.2) is 46.6 Å². The second kappa shape index (κ2) is 8.06. The van der Waals surface area contributed by atoms with Gasteiger partial charge in [-0.25, -0.2) is 9.37 Å². The van der Waals surface area contributed by atoms with E-state index < -0.39 is 0 Å². The maximum Gasteiger partial charge on any atom is 0.331 e. The maximum atomic E-state index is 13.8. The van der Waals surface area contributed by atoms with Crippen molar-refractivity contribution < 1.29 is 9.13 Å². The lowest BCUT2D eigenvalue weighted by Crippen LogP contribution is -2.28. The Labute approximate surface area is 157 Å². The van der Waals surface area contributed by atoms with Crippen LogP contribution in [0.3, 0.4) is 0 Å². The van der Waals surface area contributed by atoms with E-state index in [1.807, 2.05) is 38.1 Å². The lowest BCUT2D eigenvalue weighted by Gasteiger charge is -2.18. The molecule has 0 saturated heterocycles. The monoisotopic (exact) mass is 365 g/mol. The molecule has 7 heteroatoms. The van der Waals surface area contributed by atoms with Crippen LogP contribution < -0.4 is 4.74 Å². The van der Waals surface area contributed by atoms with Gasteiger partial charge in [0.15, 0.2) is 0 Å². The number of nitrogens with zero attached hydrogens (tertiary/aromatic N) is 5. The SMILES string of the molecule is [C-]#[N+]c1ncc(Cc2cc3cccc(F)c3cn2)nc1O[C@H](C)CN(C)C. The summed E-state index contributed by atoms with van der Waals surface area (Å²) in [4.78, 5) is 18.3. The van der Waals surface area contributed by atoms with Gasteiger partial charge in [0.25, 0.3) is 0 Å². The molecule has 0 aliphatic heterocycles. The number of hydrogen-bond acceptors (Lipinski definition) is 5. The Morgan fingerprint density at radius 3 is 2.78 bits per heavy atom. The molecule has 0 radical (unpaired) electrons. The molecule has 138 valence electrons. The van der Waals surface area contributed by atoms with E-state index in [2.05, 4.69) is 19.8 Å². The Bertz CT molecular complexity index is 999. The van der Waals surface area contributed by atoms with Gasteiger partial charge >= 0.3 is 5.82 Å². The molecule has 0 amide bonds. The molecule has 0 unspecified atom stereocenters. The largest absolute Gasteiger partial charge is 0.481 e. The average Bonchev–Trinajstić information content (AvgIpc) is 2.61. The minimum absolute atomic E-state index is 0.133. The molecule has 1 aromatic carbocycles. The van der Waals surface area contributed by atoms with E-state index in [1.165, 1.54) is 12.3 Å². The van der Waals surface area contributed by atoms with E-state index in [0.717, 1.165) is 11.1 Å². The molecule has 27 heavy (non-hydrogen) atoms. The highest BCUT2D eigenvalue weighted by molar-refractivity contribution is 5.82. The van der Waals surface area contributed by atoms with Crippen molar-refractivity contribution in [2.45, 2.75) is 19.4 Å². The van der Waals surface area contributed by atoms with E-state index >= 15 is 0 Å². The third kappa shape index (κ3) is 4.54. The summed E-state index contributed by atoms with van der Waals surface area (Å²) in [5.41, 5.74) is 1.38. The predicted molar refractivity (Wildman–Crippen MR) is 101 cm³/mol. The fraction of sp³-hybridized carbons (Fsp3) is 0.300. The number of benzene rings is 1. The van der Waals surface area contributed by atoms with Crippen LogP contribution in [0.1, 0.15) is 18.3 Å². The lowest BCUT2D eigenvalue weighted by molar-refractivity contribution is 0.171. The number of hydrogen-bond donors (Lipinski definition) is 0. The summed E-state index contributed by atoms with van der Waals surface area (Å²) in [7, 11) is 3.90. The number of halogens is 1. The Kier molecular flexibility index (Phi) is 5.57. The molecule has 2 heterocycles. The van der Waals surface area contributed by atoms with Crippen molar-refractivity contribution in [2.75, 3.05) is 20.6 Å². The van der Waals surface area contributed by atoms with Gasteiger partial charge in [-0.3, -0.25) is 4.98 Å². The summed E-state index contributed by atoms with van der Waals surface area (Å²) < 4.78 is 19.6. The Morgan fingerprint density at radius 2 is 2.04 bits per heavy atom. The van der Waals surface area contributed by atoms with Gasteiger partial charge < -0.3 is 14.5 Å². The quantitative estimate of drug-likeness (QED) is 0.625. The maximum absolute atomic E-state index is 13.8. The number of rotatable bonds is 6. The smallest absolute Gasteiger partial charge is 0.331 e. The summed E-state index contributed by atoms with van der Waals surface area (Å²) in [6.45, 7) is 9.87. The zero-order valence-electron chi connectivity index (χ0n) is 15.5. The highest BCUT2D eigenvalue weighted by atomic mass is 19.1. The molecule has 3 rings (SSSR count).